The third kappa shape index (κ3) is 5.13. The molecule has 2 aromatic heterocycles. The van der Waals surface area contributed by atoms with Crippen molar-refractivity contribution in [2.75, 3.05) is 0 Å². The summed E-state index contributed by atoms with van der Waals surface area (Å²) in [5, 5.41) is 9.59. The van der Waals surface area contributed by atoms with Crippen molar-refractivity contribution in [1.29, 1.82) is 0 Å². The number of fused-ring (bicyclic) bond motifs is 7. The summed E-state index contributed by atoms with van der Waals surface area (Å²) in [5.74, 6) is 0.719. The van der Waals surface area contributed by atoms with Gasteiger partial charge in [0, 0.05) is 33.2 Å². The molecule has 11 aromatic rings. The number of para-hydroxylation sites is 2. The number of benzene rings is 9. The largest absolute Gasteiger partial charge is 0.309 e. The molecule has 2 heterocycles. The molecule has 0 amide bonds. The highest BCUT2D eigenvalue weighted by Gasteiger charge is 2.19. The Labute approximate surface area is 318 Å². The van der Waals surface area contributed by atoms with E-state index in [0.29, 0.717) is 0 Å². The maximum absolute atomic E-state index is 5.40. The summed E-state index contributed by atoms with van der Waals surface area (Å²) in [4.78, 5) is 10.7. The molecule has 0 saturated carbocycles. The van der Waals surface area contributed by atoms with E-state index in [1.54, 1.807) is 0 Å². The van der Waals surface area contributed by atoms with Crippen LogP contribution in [-0.4, -0.2) is 14.5 Å². The molecule has 0 N–H and O–H groups in total. The molecule has 256 valence electrons. The number of nitrogens with zero attached hydrogens (tertiary/aromatic N) is 3. The Hall–Kier alpha value is -7.36. The van der Waals surface area contributed by atoms with Crippen LogP contribution in [0, 0.1) is 0 Å². The lowest BCUT2D eigenvalue weighted by Gasteiger charge is -2.15. The fraction of sp³-hybridized carbons (Fsp3) is 0. The van der Waals surface area contributed by atoms with Crippen LogP contribution in [0.4, 0.5) is 0 Å². The van der Waals surface area contributed by atoms with Crippen LogP contribution in [0.15, 0.2) is 200 Å². The molecular weight excluding hydrogens is 667 g/mol. The standard InChI is InChI=1S/C52H33N3/c1-3-15-36(16-4-1)46-33-47(54-52(53-46)51-42-21-10-8-17-38(42)32-45-40-20-9-7-14-34(40)30-31-43(45)51)37-28-26-35(27-29-37)41-23-13-25-49-50(41)44-22-11-12-24-48(44)55(49)39-18-5-2-6-19-39/h1-33H. The Morgan fingerprint density at radius 3 is 1.73 bits per heavy atom. The van der Waals surface area contributed by atoms with Crippen molar-refractivity contribution in [2.45, 2.75) is 0 Å². The first-order chi connectivity index (χ1) is 27.3. The molecule has 0 aliphatic heterocycles. The molecule has 0 aliphatic rings. The van der Waals surface area contributed by atoms with Gasteiger partial charge in [-0.2, -0.15) is 0 Å². The van der Waals surface area contributed by atoms with Crippen molar-refractivity contribution < 1.29 is 0 Å². The van der Waals surface area contributed by atoms with Crippen LogP contribution in [0.1, 0.15) is 0 Å². The van der Waals surface area contributed by atoms with Crippen molar-refractivity contribution in [1.82, 2.24) is 14.5 Å². The molecule has 55 heavy (non-hydrogen) atoms. The third-order valence-corrected chi connectivity index (χ3v) is 11.0. The van der Waals surface area contributed by atoms with Crippen LogP contribution < -0.4 is 0 Å². The smallest absolute Gasteiger partial charge is 0.161 e. The zero-order valence-electron chi connectivity index (χ0n) is 29.9. The van der Waals surface area contributed by atoms with E-state index >= 15 is 0 Å². The van der Waals surface area contributed by atoms with Gasteiger partial charge in [-0.05, 0) is 79.8 Å². The van der Waals surface area contributed by atoms with E-state index in [1.165, 1.54) is 48.9 Å². The number of rotatable bonds is 5. The third-order valence-electron chi connectivity index (χ3n) is 11.0. The summed E-state index contributed by atoms with van der Waals surface area (Å²) in [7, 11) is 0. The lowest BCUT2D eigenvalue weighted by Crippen LogP contribution is -1.98. The van der Waals surface area contributed by atoms with Gasteiger partial charge in [0.15, 0.2) is 5.82 Å². The normalized spacial score (nSPS) is 11.6. The van der Waals surface area contributed by atoms with Gasteiger partial charge < -0.3 is 4.57 Å². The van der Waals surface area contributed by atoms with Gasteiger partial charge in [0.25, 0.3) is 0 Å². The predicted molar refractivity (Wildman–Crippen MR) is 231 cm³/mol. The molecule has 0 unspecified atom stereocenters. The molecule has 0 atom stereocenters. The topological polar surface area (TPSA) is 30.7 Å². The average Bonchev–Trinajstić information content (AvgIpc) is 3.61. The Balaban J connectivity index is 1.10. The maximum Gasteiger partial charge on any atom is 0.161 e. The van der Waals surface area contributed by atoms with Crippen LogP contribution >= 0.6 is 0 Å². The zero-order valence-corrected chi connectivity index (χ0v) is 29.9. The second-order valence-corrected chi connectivity index (χ2v) is 14.1. The minimum Gasteiger partial charge on any atom is -0.309 e. The molecule has 3 heteroatoms. The molecule has 0 saturated heterocycles. The van der Waals surface area contributed by atoms with Crippen molar-refractivity contribution in [3.63, 3.8) is 0 Å². The minimum atomic E-state index is 0.719. The predicted octanol–water partition coefficient (Wildman–Crippen LogP) is 13.7. The summed E-state index contributed by atoms with van der Waals surface area (Å²) in [6.07, 6.45) is 0. The van der Waals surface area contributed by atoms with Crippen LogP contribution in [0.5, 0.6) is 0 Å². The van der Waals surface area contributed by atoms with Crippen LogP contribution in [-0.2, 0) is 0 Å². The van der Waals surface area contributed by atoms with E-state index in [1.807, 2.05) is 6.07 Å². The summed E-state index contributed by atoms with van der Waals surface area (Å²) >= 11 is 0. The molecule has 3 nitrogen and oxygen atoms in total. The van der Waals surface area contributed by atoms with Gasteiger partial charge in [0.05, 0.1) is 22.4 Å². The van der Waals surface area contributed by atoms with Crippen LogP contribution in [0.2, 0.25) is 0 Å². The summed E-state index contributed by atoms with van der Waals surface area (Å²) in [5.41, 5.74) is 10.8. The number of hydrogen-bond donors (Lipinski definition) is 0. The lowest BCUT2D eigenvalue weighted by atomic mass is 9.92. The Morgan fingerprint density at radius 1 is 0.345 bits per heavy atom. The van der Waals surface area contributed by atoms with Crippen molar-refractivity contribution >= 4 is 54.1 Å². The van der Waals surface area contributed by atoms with E-state index in [-0.39, 0.29) is 0 Å². The van der Waals surface area contributed by atoms with E-state index in [4.69, 9.17) is 9.97 Å². The Kier molecular flexibility index (Phi) is 7.17. The van der Waals surface area contributed by atoms with Gasteiger partial charge in [-0.3, -0.25) is 0 Å². The molecule has 9 aromatic carbocycles. The highest BCUT2D eigenvalue weighted by atomic mass is 15.0. The summed E-state index contributed by atoms with van der Waals surface area (Å²) in [6.45, 7) is 0. The summed E-state index contributed by atoms with van der Waals surface area (Å²) in [6, 6.07) is 71.4. The number of aromatic nitrogens is 3. The maximum atomic E-state index is 5.40. The monoisotopic (exact) mass is 699 g/mol. The van der Waals surface area contributed by atoms with Gasteiger partial charge in [0.1, 0.15) is 0 Å². The molecular formula is C52H33N3. The zero-order chi connectivity index (χ0) is 36.3. The molecule has 0 radical (unpaired) electrons. The molecule has 0 aliphatic carbocycles. The Bertz CT molecular complexity index is 3230. The van der Waals surface area contributed by atoms with Gasteiger partial charge in [-0.15, -0.1) is 0 Å². The SMILES string of the molecule is c1ccc(-c2cc(-c3ccc(-c4cccc5c4c4ccccc4n5-c4ccccc4)cc3)nc(-c3c4ccccc4cc4c3ccc3ccccc34)n2)cc1. The van der Waals surface area contributed by atoms with Crippen molar-refractivity contribution in [3.8, 4) is 50.7 Å². The highest BCUT2D eigenvalue weighted by molar-refractivity contribution is 6.20. The van der Waals surface area contributed by atoms with Gasteiger partial charge >= 0.3 is 0 Å². The van der Waals surface area contributed by atoms with Gasteiger partial charge in [-0.25, -0.2) is 9.97 Å². The minimum absolute atomic E-state index is 0.719. The van der Waals surface area contributed by atoms with Crippen LogP contribution in [0.3, 0.4) is 0 Å². The van der Waals surface area contributed by atoms with Gasteiger partial charge in [-0.1, -0.05) is 164 Å². The van der Waals surface area contributed by atoms with E-state index < -0.39 is 0 Å². The first-order valence-corrected chi connectivity index (χ1v) is 18.7. The highest BCUT2D eigenvalue weighted by Crippen LogP contribution is 2.41. The molecule has 0 fully saturated rings. The summed E-state index contributed by atoms with van der Waals surface area (Å²) < 4.78 is 2.37. The van der Waals surface area contributed by atoms with Crippen molar-refractivity contribution in [3.05, 3.63) is 200 Å². The van der Waals surface area contributed by atoms with E-state index in [0.717, 1.165) is 55.9 Å². The molecule has 0 spiro atoms. The van der Waals surface area contributed by atoms with Crippen LogP contribution in [0.25, 0.3) is 105 Å². The van der Waals surface area contributed by atoms with Crippen molar-refractivity contribution in [2.24, 2.45) is 0 Å². The number of hydrogen-bond acceptors (Lipinski definition) is 2. The van der Waals surface area contributed by atoms with E-state index in [2.05, 4.69) is 199 Å². The second kappa shape index (κ2) is 12.6. The van der Waals surface area contributed by atoms with E-state index in [9.17, 15) is 0 Å². The fourth-order valence-electron chi connectivity index (χ4n) is 8.46. The Morgan fingerprint density at radius 2 is 0.945 bits per heavy atom. The second-order valence-electron chi connectivity index (χ2n) is 14.1. The first kappa shape index (κ1) is 31.2. The van der Waals surface area contributed by atoms with Gasteiger partial charge in [0.2, 0.25) is 0 Å². The average molecular weight is 700 g/mol. The molecule has 0 bridgehead atoms. The lowest BCUT2D eigenvalue weighted by molar-refractivity contribution is 1.18. The first-order valence-electron chi connectivity index (χ1n) is 18.7. The fourth-order valence-corrected chi connectivity index (χ4v) is 8.46. The molecule has 11 rings (SSSR count). The quantitative estimate of drug-likeness (QED) is 0.132.